The van der Waals surface area contributed by atoms with E-state index in [1.807, 2.05) is 19.0 Å². The van der Waals surface area contributed by atoms with Crippen molar-refractivity contribution in [2.45, 2.75) is 24.6 Å². The molecular formula is C13H23N3O4S. The molecule has 0 saturated carbocycles. The summed E-state index contributed by atoms with van der Waals surface area (Å²) in [5.74, 6) is 0.222. The lowest BCUT2D eigenvalue weighted by Crippen LogP contribution is -2.56. The van der Waals surface area contributed by atoms with Crippen molar-refractivity contribution in [2.75, 3.05) is 45.2 Å². The molecule has 0 bridgehead atoms. The van der Waals surface area contributed by atoms with Gasteiger partial charge < -0.3 is 24.9 Å². The summed E-state index contributed by atoms with van der Waals surface area (Å²) >= 11 is 1.56. The van der Waals surface area contributed by atoms with Crippen LogP contribution in [0, 0.1) is 0 Å². The van der Waals surface area contributed by atoms with Gasteiger partial charge in [-0.2, -0.15) is 11.8 Å². The SMILES string of the molecule is CN(C)CC1CC(O)CN1C(=O)N1CCSCC1C(=O)O. The second kappa shape index (κ2) is 6.85. The number of urea groups is 1. The summed E-state index contributed by atoms with van der Waals surface area (Å²) < 4.78 is 0. The molecule has 8 heteroatoms. The van der Waals surface area contributed by atoms with Crippen LogP contribution in [0.5, 0.6) is 0 Å². The number of carbonyl (C=O) groups excluding carboxylic acids is 1. The largest absolute Gasteiger partial charge is 0.480 e. The Kier molecular flexibility index (Phi) is 5.34. The fraction of sp³-hybridized carbons (Fsp3) is 0.846. The van der Waals surface area contributed by atoms with Gasteiger partial charge in [0.15, 0.2) is 0 Å². The number of amides is 2. The smallest absolute Gasteiger partial charge is 0.327 e. The molecule has 0 radical (unpaired) electrons. The van der Waals surface area contributed by atoms with E-state index in [4.69, 9.17) is 0 Å². The molecule has 2 saturated heterocycles. The number of aliphatic carboxylic acids is 1. The summed E-state index contributed by atoms with van der Waals surface area (Å²) in [7, 11) is 3.84. The maximum Gasteiger partial charge on any atom is 0.327 e. The summed E-state index contributed by atoms with van der Waals surface area (Å²) in [5.41, 5.74) is 0. The number of aliphatic hydroxyl groups is 1. The first-order chi connectivity index (χ1) is 9.90. The molecule has 2 amide bonds. The predicted octanol–water partition coefficient (Wildman–Crippen LogP) is -0.395. The molecule has 2 aliphatic heterocycles. The average molecular weight is 317 g/mol. The van der Waals surface area contributed by atoms with Crippen molar-refractivity contribution in [1.29, 1.82) is 0 Å². The van der Waals surface area contributed by atoms with Gasteiger partial charge in [0.05, 0.1) is 6.10 Å². The fourth-order valence-corrected chi connectivity index (χ4v) is 3.96. The van der Waals surface area contributed by atoms with Crippen LogP contribution in [0.3, 0.4) is 0 Å². The van der Waals surface area contributed by atoms with E-state index in [1.165, 1.54) is 4.90 Å². The van der Waals surface area contributed by atoms with E-state index < -0.39 is 18.1 Å². The Bertz CT molecular complexity index is 407. The Morgan fingerprint density at radius 2 is 2.05 bits per heavy atom. The second-order valence-electron chi connectivity index (χ2n) is 5.86. The van der Waals surface area contributed by atoms with Gasteiger partial charge in [-0.1, -0.05) is 0 Å². The van der Waals surface area contributed by atoms with Crippen LogP contribution in [0.1, 0.15) is 6.42 Å². The van der Waals surface area contributed by atoms with Crippen LogP contribution in [-0.4, -0.2) is 100 Å². The summed E-state index contributed by atoms with van der Waals surface area (Å²) in [6.07, 6.45) is 0.0193. The number of hydrogen-bond donors (Lipinski definition) is 2. The highest BCUT2D eigenvalue weighted by atomic mass is 32.2. The zero-order valence-corrected chi connectivity index (χ0v) is 13.3. The summed E-state index contributed by atoms with van der Waals surface area (Å²) in [5, 5.41) is 19.1. The van der Waals surface area contributed by atoms with Crippen molar-refractivity contribution in [3.63, 3.8) is 0 Å². The number of carbonyl (C=O) groups is 2. The van der Waals surface area contributed by atoms with Crippen molar-refractivity contribution >= 4 is 23.8 Å². The number of carboxylic acid groups (broad SMARTS) is 1. The van der Waals surface area contributed by atoms with Crippen LogP contribution >= 0.6 is 11.8 Å². The second-order valence-corrected chi connectivity index (χ2v) is 7.01. The lowest BCUT2D eigenvalue weighted by Gasteiger charge is -2.37. The molecule has 0 spiro atoms. The van der Waals surface area contributed by atoms with Crippen molar-refractivity contribution in [3.8, 4) is 0 Å². The number of likely N-dealkylation sites (tertiary alicyclic amines) is 1. The van der Waals surface area contributed by atoms with Gasteiger partial charge in [0, 0.05) is 37.2 Å². The Hall–Kier alpha value is -0.990. The molecule has 2 N–H and O–H groups in total. The highest BCUT2D eigenvalue weighted by Gasteiger charge is 2.40. The standard InChI is InChI=1S/C13H23N3O4S/c1-14(2)6-9-5-10(17)7-16(9)13(20)15-3-4-21-8-11(15)12(18)19/h9-11,17H,3-8H2,1-2H3,(H,18,19). The van der Waals surface area contributed by atoms with Crippen LogP contribution in [0.15, 0.2) is 0 Å². The molecule has 0 aromatic heterocycles. The lowest BCUT2D eigenvalue weighted by molar-refractivity contribution is -0.141. The zero-order chi connectivity index (χ0) is 15.6. The third-order valence-corrected chi connectivity index (χ3v) is 4.90. The molecule has 2 rings (SSSR count). The van der Waals surface area contributed by atoms with E-state index >= 15 is 0 Å². The number of β-amino-alcohol motifs (C(OH)–C–C–N with tert-alkyl or cyclic N) is 1. The number of aliphatic hydroxyl groups excluding tert-OH is 1. The van der Waals surface area contributed by atoms with Crippen molar-refractivity contribution in [1.82, 2.24) is 14.7 Å². The van der Waals surface area contributed by atoms with Gasteiger partial charge >= 0.3 is 12.0 Å². The third kappa shape index (κ3) is 3.81. The molecule has 2 aliphatic rings. The van der Waals surface area contributed by atoms with E-state index in [2.05, 4.69) is 0 Å². The maximum absolute atomic E-state index is 12.7. The molecular weight excluding hydrogens is 294 g/mol. The molecule has 0 aromatic rings. The zero-order valence-electron chi connectivity index (χ0n) is 12.4. The maximum atomic E-state index is 12.7. The first-order valence-electron chi connectivity index (χ1n) is 7.10. The number of hydrogen-bond acceptors (Lipinski definition) is 5. The summed E-state index contributed by atoms with van der Waals surface area (Å²) in [6.45, 7) is 1.40. The Labute approximate surface area is 128 Å². The minimum Gasteiger partial charge on any atom is -0.480 e. The normalized spacial score (nSPS) is 30.0. The molecule has 2 heterocycles. The van der Waals surface area contributed by atoms with Crippen LogP contribution in [-0.2, 0) is 4.79 Å². The van der Waals surface area contributed by atoms with Gasteiger partial charge in [-0.15, -0.1) is 0 Å². The van der Waals surface area contributed by atoms with Gasteiger partial charge in [-0.25, -0.2) is 9.59 Å². The molecule has 3 unspecified atom stereocenters. The number of rotatable bonds is 3. The minimum atomic E-state index is -0.959. The predicted molar refractivity (Wildman–Crippen MR) is 80.5 cm³/mol. The fourth-order valence-electron chi connectivity index (χ4n) is 2.92. The number of likely N-dealkylation sites (N-methyl/N-ethyl adjacent to an activating group) is 1. The number of nitrogens with zero attached hydrogens (tertiary/aromatic N) is 3. The van der Waals surface area contributed by atoms with E-state index in [0.29, 0.717) is 25.3 Å². The van der Waals surface area contributed by atoms with Crippen LogP contribution in [0.4, 0.5) is 4.79 Å². The van der Waals surface area contributed by atoms with Gasteiger partial charge in [0.1, 0.15) is 6.04 Å². The van der Waals surface area contributed by atoms with Crippen LogP contribution in [0.25, 0.3) is 0 Å². The van der Waals surface area contributed by atoms with Gasteiger partial charge in [0.2, 0.25) is 0 Å². The van der Waals surface area contributed by atoms with E-state index in [-0.39, 0.29) is 18.6 Å². The summed E-state index contributed by atoms with van der Waals surface area (Å²) in [6, 6.07) is -1.09. The monoisotopic (exact) mass is 317 g/mol. The lowest BCUT2D eigenvalue weighted by atomic mass is 10.2. The van der Waals surface area contributed by atoms with Gasteiger partial charge in [0.25, 0.3) is 0 Å². The van der Waals surface area contributed by atoms with Crippen molar-refractivity contribution in [2.24, 2.45) is 0 Å². The molecule has 2 fully saturated rings. The number of carboxylic acids is 1. The molecule has 21 heavy (non-hydrogen) atoms. The first-order valence-corrected chi connectivity index (χ1v) is 8.26. The van der Waals surface area contributed by atoms with E-state index in [1.54, 1.807) is 16.7 Å². The number of thioether (sulfide) groups is 1. The van der Waals surface area contributed by atoms with E-state index in [9.17, 15) is 19.8 Å². The van der Waals surface area contributed by atoms with Gasteiger partial charge in [-0.05, 0) is 20.5 Å². The Morgan fingerprint density at radius 3 is 2.67 bits per heavy atom. The molecule has 3 atom stereocenters. The highest BCUT2D eigenvalue weighted by molar-refractivity contribution is 7.99. The van der Waals surface area contributed by atoms with Crippen LogP contribution < -0.4 is 0 Å². The van der Waals surface area contributed by atoms with E-state index in [0.717, 1.165) is 5.75 Å². The van der Waals surface area contributed by atoms with Crippen molar-refractivity contribution in [3.05, 3.63) is 0 Å². The molecule has 120 valence electrons. The molecule has 7 nitrogen and oxygen atoms in total. The quantitative estimate of drug-likeness (QED) is 0.737. The Morgan fingerprint density at radius 1 is 1.33 bits per heavy atom. The molecule has 0 aromatic carbocycles. The Balaban J connectivity index is 2.10. The first kappa shape index (κ1) is 16.4. The third-order valence-electron chi connectivity index (χ3n) is 3.87. The summed E-state index contributed by atoms with van der Waals surface area (Å²) in [4.78, 5) is 29.1. The van der Waals surface area contributed by atoms with Gasteiger partial charge in [-0.3, -0.25) is 0 Å². The van der Waals surface area contributed by atoms with Crippen molar-refractivity contribution < 1.29 is 19.8 Å². The average Bonchev–Trinajstić information content (AvgIpc) is 2.77. The minimum absolute atomic E-state index is 0.0634. The van der Waals surface area contributed by atoms with Crippen LogP contribution in [0.2, 0.25) is 0 Å². The highest BCUT2D eigenvalue weighted by Crippen LogP contribution is 2.24. The topological polar surface area (TPSA) is 84.3 Å². The molecule has 0 aliphatic carbocycles.